The van der Waals surface area contributed by atoms with E-state index in [9.17, 15) is 9.59 Å². The third-order valence-electron chi connectivity index (χ3n) is 4.40. The highest BCUT2D eigenvalue weighted by atomic mass is 16.5. The normalized spacial score (nSPS) is 11.8. The number of aromatic nitrogens is 1. The van der Waals surface area contributed by atoms with E-state index in [-0.39, 0.29) is 18.5 Å². The quantitative estimate of drug-likeness (QED) is 0.594. The van der Waals surface area contributed by atoms with E-state index in [0.29, 0.717) is 25.8 Å². The zero-order chi connectivity index (χ0) is 19.6. The highest BCUT2D eigenvalue weighted by Crippen LogP contribution is 2.15. The largest absolute Gasteiger partial charge is 0.481 e. The average Bonchev–Trinajstić information content (AvgIpc) is 3.07. The van der Waals surface area contributed by atoms with Crippen LogP contribution in [0, 0.1) is 0 Å². The summed E-state index contributed by atoms with van der Waals surface area (Å²) in [4.78, 5) is 23.3. The first-order chi connectivity index (χ1) is 13.0. The minimum atomic E-state index is -0.875. The second kappa shape index (κ2) is 10.4. The van der Waals surface area contributed by atoms with Crippen LogP contribution < -0.4 is 10.6 Å². The van der Waals surface area contributed by atoms with E-state index in [4.69, 9.17) is 9.63 Å². The number of carboxylic acid groups (broad SMARTS) is 1. The molecule has 0 aliphatic carbocycles. The van der Waals surface area contributed by atoms with E-state index in [0.717, 1.165) is 29.0 Å². The molecule has 0 aliphatic rings. The maximum Gasteiger partial charge on any atom is 0.315 e. The number of hydrogen-bond acceptors (Lipinski definition) is 4. The van der Waals surface area contributed by atoms with Crippen LogP contribution in [0.3, 0.4) is 0 Å². The van der Waals surface area contributed by atoms with Gasteiger partial charge in [0.25, 0.3) is 0 Å². The number of nitrogens with zero attached hydrogens (tertiary/aromatic N) is 1. The molecular weight excluding hydrogens is 346 g/mol. The number of hydrogen-bond donors (Lipinski definition) is 3. The van der Waals surface area contributed by atoms with Crippen LogP contribution in [0.1, 0.15) is 49.3 Å². The smallest absolute Gasteiger partial charge is 0.315 e. The van der Waals surface area contributed by atoms with Crippen LogP contribution in [-0.2, 0) is 30.6 Å². The number of carbonyl (C=O) groups is 2. The van der Waals surface area contributed by atoms with Crippen LogP contribution in [0.5, 0.6) is 0 Å². The summed E-state index contributed by atoms with van der Waals surface area (Å²) in [5.41, 5.74) is 2.81. The zero-order valence-electron chi connectivity index (χ0n) is 15.8. The molecule has 27 heavy (non-hydrogen) atoms. The summed E-state index contributed by atoms with van der Waals surface area (Å²) in [5, 5.41) is 18.7. The Labute approximate surface area is 159 Å². The number of aryl methyl sites for hydroxylation is 2. The summed E-state index contributed by atoms with van der Waals surface area (Å²) in [5.74, 6) is -0.0984. The van der Waals surface area contributed by atoms with Crippen molar-refractivity contribution in [2.24, 2.45) is 0 Å². The number of aliphatic carboxylic acids is 1. The third-order valence-corrected chi connectivity index (χ3v) is 4.40. The van der Waals surface area contributed by atoms with Gasteiger partial charge in [-0.05, 0) is 24.8 Å². The number of carboxylic acids is 1. The van der Waals surface area contributed by atoms with E-state index in [1.165, 1.54) is 0 Å². The predicted octanol–water partition coefficient (Wildman–Crippen LogP) is 3.07. The molecule has 1 aromatic heterocycles. The first kappa shape index (κ1) is 20.5. The zero-order valence-corrected chi connectivity index (χ0v) is 15.8. The number of urea groups is 1. The van der Waals surface area contributed by atoms with Crippen molar-refractivity contribution in [2.45, 2.75) is 58.5 Å². The summed E-state index contributed by atoms with van der Waals surface area (Å²) >= 11 is 0. The van der Waals surface area contributed by atoms with Crippen LogP contribution in [0.25, 0.3) is 0 Å². The highest BCUT2D eigenvalue weighted by Gasteiger charge is 2.17. The summed E-state index contributed by atoms with van der Waals surface area (Å²) in [6, 6.07) is 9.11. The van der Waals surface area contributed by atoms with Gasteiger partial charge >= 0.3 is 12.0 Å². The Morgan fingerprint density at radius 3 is 2.56 bits per heavy atom. The number of nitrogens with one attached hydrogen (secondary N) is 2. The van der Waals surface area contributed by atoms with E-state index in [1.807, 2.05) is 44.2 Å². The fourth-order valence-electron chi connectivity index (χ4n) is 2.96. The standard InChI is InChI=1S/C20H27N3O4/c1-3-17-16(18(4-2)27-23-17)13-21-20(26)22-15(10-11-19(24)25)12-14-8-6-5-7-9-14/h5-9,15H,3-4,10-13H2,1-2H3,(H,24,25)(H2,21,22,26). The van der Waals surface area contributed by atoms with Crippen LogP contribution in [0.15, 0.2) is 34.9 Å². The van der Waals surface area contributed by atoms with E-state index in [2.05, 4.69) is 15.8 Å². The molecule has 1 unspecified atom stereocenters. The molecule has 2 aromatic rings. The van der Waals surface area contributed by atoms with Crippen molar-refractivity contribution in [2.75, 3.05) is 0 Å². The monoisotopic (exact) mass is 373 g/mol. The topological polar surface area (TPSA) is 104 Å². The summed E-state index contributed by atoms with van der Waals surface area (Å²) in [6.07, 6.45) is 2.39. The van der Waals surface area contributed by atoms with Gasteiger partial charge < -0.3 is 20.3 Å². The Hall–Kier alpha value is -2.83. The maximum absolute atomic E-state index is 12.4. The summed E-state index contributed by atoms with van der Waals surface area (Å²) < 4.78 is 5.31. The molecule has 0 saturated heterocycles. The van der Waals surface area contributed by atoms with Crippen molar-refractivity contribution in [3.8, 4) is 0 Å². The molecule has 7 nitrogen and oxygen atoms in total. The van der Waals surface area contributed by atoms with Gasteiger partial charge in [0.1, 0.15) is 5.76 Å². The molecule has 2 rings (SSSR count). The van der Waals surface area contributed by atoms with E-state index >= 15 is 0 Å². The molecule has 146 valence electrons. The van der Waals surface area contributed by atoms with Gasteiger partial charge in [0.05, 0.1) is 5.69 Å². The van der Waals surface area contributed by atoms with Gasteiger partial charge in [-0.25, -0.2) is 4.79 Å². The van der Waals surface area contributed by atoms with Crippen LogP contribution in [0.4, 0.5) is 4.79 Å². The molecule has 0 spiro atoms. The van der Waals surface area contributed by atoms with Crippen LogP contribution in [0.2, 0.25) is 0 Å². The molecule has 1 heterocycles. The van der Waals surface area contributed by atoms with Gasteiger partial charge in [-0.15, -0.1) is 0 Å². The van der Waals surface area contributed by atoms with Gasteiger partial charge in [0.15, 0.2) is 0 Å². The first-order valence-corrected chi connectivity index (χ1v) is 9.29. The molecule has 0 radical (unpaired) electrons. The Morgan fingerprint density at radius 2 is 1.93 bits per heavy atom. The van der Waals surface area contributed by atoms with Crippen molar-refractivity contribution in [3.63, 3.8) is 0 Å². The Balaban J connectivity index is 1.96. The summed E-state index contributed by atoms with van der Waals surface area (Å²) in [7, 11) is 0. The average molecular weight is 373 g/mol. The lowest BCUT2D eigenvalue weighted by Gasteiger charge is -2.19. The lowest BCUT2D eigenvalue weighted by molar-refractivity contribution is -0.137. The lowest BCUT2D eigenvalue weighted by atomic mass is 10.0. The molecule has 0 aliphatic heterocycles. The second-order valence-electron chi connectivity index (χ2n) is 6.38. The molecule has 0 bridgehead atoms. The second-order valence-corrected chi connectivity index (χ2v) is 6.38. The molecule has 0 saturated carbocycles. The summed E-state index contributed by atoms with van der Waals surface area (Å²) in [6.45, 7) is 4.30. The lowest BCUT2D eigenvalue weighted by Crippen LogP contribution is -2.43. The maximum atomic E-state index is 12.4. The molecule has 7 heteroatoms. The number of benzene rings is 1. The molecule has 2 amide bonds. The molecule has 0 fully saturated rings. The molecule has 1 aromatic carbocycles. The Morgan fingerprint density at radius 1 is 1.19 bits per heavy atom. The number of rotatable bonds is 10. The Bertz CT molecular complexity index is 721. The highest BCUT2D eigenvalue weighted by molar-refractivity contribution is 5.74. The van der Waals surface area contributed by atoms with Gasteiger partial charge in [0, 0.05) is 31.0 Å². The number of amides is 2. The fourth-order valence-corrected chi connectivity index (χ4v) is 2.96. The Kier molecular flexibility index (Phi) is 7.85. The SMILES string of the molecule is CCc1noc(CC)c1CNC(=O)NC(CCC(=O)O)Cc1ccccc1. The molecular formula is C20H27N3O4. The van der Waals surface area contributed by atoms with Gasteiger partial charge in [-0.2, -0.15) is 0 Å². The van der Waals surface area contributed by atoms with Gasteiger partial charge in [-0.1, -0.05) is 49.3 Å². The molecule has 3 N–H and O–H groups in total. The predicted molar refractivity (Wildman–Crippen MR) is 101 cm³/mol. The minimum absolute atomic E-state index is 0.00337. The van der Waals surface area contributed by atoms with Gasteiger partial charge in [0.2, 0.25) is 0 Å². The number of carbonyl (C=O) groups excluding carboxylic acids is 1. The van der Waals surface area contributed by atoms with Crippen molar-refractivity contribution in [1.29, 1.82) is 0 Å². The van der Waals surface area contributed by atoms with Gasteiger partial charge in [-0.3, -0.25) is 4.79 Å². The molecule has 1 atom stereocenters. The van der Waals surface area contributed by atoms with Crippen molar-refractivity contribution >= 4 is 12.0 Å². The minimum Gasteiger partial charge on any atom is -0.481 e. The van der Waals surface area contributed by atoms with E-state index < -0.39 is 5.97 Å². The van der Waals surface area contributed by atoms with Crippen LogP contribution in [-0.4, -0.2) is 28.3 Å². The van der Waals surface area contributed by atoms with Crippen molar-refractivity contribution in [1.82, 2.24) is 15.8 Å². The van der Waals surface area contributed by atoms with Crippen molar-refractivity contribution < 1.29 is 19.2 Å². The first-order valence-electron chi connectivity index (χ1n) is 9.29. The van der Waals surface area contributed by atoms with Crippen LogP contribution >= 0.6 is 0 Å². The fraction of sp³-hybridized carbons (Fsp3) is 0.450. The van der Waals surface area contributed by atoms with Crippen molar-refractivity contribution in [3.05, 3.63) is 52.9 Å². The third kappa shape index (κ3) is 6.44. The van der Waals surface area contributed by atoms with E-state index in [1.54, 1.807) is 0 Å².